The summed E-state index contributed by atoms with van der Waals surface area (Å²) in [6, 6.07) is 14.6. The second-order valence-electron chi connectivity index (χ2n) is 8.52. The Bertz CT molecular complexity index is 1130. The Morgan fingerprint density at radius 2 is 1.49 bits per heavy atom. The van der Waals surface area contributed by atoms with Gasteiger partial charge in [-0.2, -0.15) is 8.42 Å². The van der Waals surface area contributed by atoms with Crippen molar-refractivity contribution in [3.05, 3.63) is 70.8 Å². The van der Waals surface area contributed by atoms with E-state index in [9.17, 15) is 18.0 Å². The molecule has 0 atom stereocenters. The van der Waals surface area contributed by atoms with Gasteiger partial charge >= 0.3 is 0 Å². The van der Waals surface area contributed by atoms with Crippen molar-refractivity contribution in [3.63, 3.8) is 0 Å². The van der Waals surface area contributed by atoms with E-state index in [2.05, 4.69) is 5.02 Å². The van der Waals surface area contributed by atoms with Gasteiger partial charge in [-0.1, -0.05) is 30.7 Å². The Morgan fingerprint density at radius 1 is 0.886 bits per heavy atom. The molecule has 188 valence electrons. The molecule has 0 spiro atoms. The average molecular weight is 517 g/mol. The number of ketones is 2. The fraction of sp³-hybridized carbons (Fsp3) is 0.407. The molecule has 0 amide bonds. The molecule has 0 unspecified atom stereocenters. The maximum Gasteiger partial charge on any atom is 0.264 e. The van der Waals surface area contributed by atoms with E-state index in [0.717, 1.165) is 24.0 Å². The molecular formula is C27H32O6S2. The maximum atomic E-state index is 12.7. The Kier molecular flexibility index (Phi) is 12.0. The lowest BCUT2D eigenvalue weighted by atomic mass is 10.00. The molecule has 0 aliphatic heterocycles. The van der Waals surface area contributed by atoms with Crippen molar-refractivity contribution in [2.24, 2.45) is 0 Å². The molecule has 0 radical (unpaired) electrons. The molecule has 0 aliphatic carbocycles. The first kappa shape index (κ1) is 28.6. The van der Waals surface area contributed by atoms with Crippen molar-refractivity contribution in [3.8, 4) is 5.75 Å². The van der Waals surface area contributed by atoms with Gasteiger partial charge in [0.2, 0.25) is 0 Å². The smallest absolute Gasteiger partial charge is 0.264 e. The van der Waals surface area contributed by atoms with Gasteiger partial charge in [0.25, 0.3) is 10.1 Å². The highest BCUT2D eigenvalue weighted by Gasteiger charge is 2.10. The summed E-state index contributed by atoms with van der Waals surface area (Å²) in [7, 11) is -3.92. The number of benzene rings is 2. The Hall–Kier alpha value is -2.64. The summed E-state index contributed by atoms with van der Waals surface area (Å²) < 4.78 is 35.6. The van der Waals surface area contributed by atoms with Crippen molar-refractivity contribution in [2.45, 2.75) is 58.3 Å². The quantitative estimate of drug-likeness (QED) is 0.135. The van der Waals surface area contributed by atoms with E-state index in [1.807, 2.05) is 31.2 Å². The van der Waals surface area contributed by atoms with Crippen LogP contribution in [0.1, 0.15) is 73.4 Å². The van der Waals surface area contributed by atoms with Crippen molar-refractivity contribution >= 4 is 38.9 Å². The normalized spacial score (nSPS) is 11.0. The van der Waals surface area contributed by atoms with Crippen LogP contribution in [0.25, 0.3) is 0 Å². The second kappa shape index (κ2) is 14.7. The van der Waals surface area contributed by atoms with Gasteiger partial charge in [0.05, 0.1) is 12.4 Å². The zero-order valence-electron chi connectivity index (χ0n) is 20.0. The van der Waals surface area contributed by atoms with Gasteiger partial charge in [0.15, 0.2) is 5.78 Å². The minimum Gasteiger partial charge on any atom is -0.494 e. The van der Waals surface area contributed by atoms with Crippen LogP contribution in [0, 0.1) is 0 Å². The van der Waals surface area contributed by atoms with Crippen LogP contribution in [-0.2, 0) is 21.3 Å². The Balaban J connectivity index is 1.70. The first-order chi connectivity index (χ1) is 16.7. The number of carbonyl (C=O) groups is 2. The largest absolute Gasteiger partial charge is 0.494 e. The molecular weight excluding hydrogens is 484 g/mol. The van der Waals surface area contributed by atoms with E-state index in [1.165, 1.54) is 0 Å². The molecule has 8 heteroatoms. The summed E-state index contributed by atoms with van der Waals surface area (Å²) >= 11 is 4.80. The highest BCUT2D eigenvalue weighted by atomic mass is 32.2. The molecule has 0 bridgehead atoms. The first-order valence-electron chi connectivity index (χ1n) is 11.7. The topological polar surface area (TPSA) is 97.7 Å². The third-order valence-electron chi connectivity index (χ3n) is 5.52. The molecule has 1 N–H and O–H groups in total. The van der Waals surface area contributed by atoms with Crippen molar-refractivity contribution in [1.82, 2.24) is 0 Å². The van der Waals surface area contributed by atoms with Crippen LogP contribution in [0.15, 0.2) is 54.1 Å². The fourth-order valence-electron chi connectivity index (χ4n) is 3.44. The van der Waals surface area contributed by atoms with E-state index in [-0.39, 0.29) is 17.3 Å². The zero-order chi connectivity index (χ0) is 25.7. The summed E-state index contributed by atoms with van der Waals surface area (Å²) in [6.07, 6.45) is 4.63. The van der Waals surface area contributed by atoms with Crippen molar-refractivity contribution in [1.29, 1.82) is 0 Å². The number of hydrogen-bond acceptors (Lipinski definition) is 6. The van der Waals surface area contributed by atoms with Crippen molar-refractivity contribution < 1.29 is 27.3 Å². The first-order valence-corrected chi connectivity index (χ1v) is 13.7. The fourth-order valence-corrected chi connectivity index (χ4v) is 4.11. The van der Waals surface area contributed by atoms with Gasteiger partial charge in [-0.25, -0.2) is 0 Å². The monoisotopic (exact) mass is 516 g/mol. The van der Waals surface area contributed by atoms with Gasteiger partial charge in [0, 0.05) is 24.0 Å². The number of thiocarbonyl (C=S) groups is 1. The molecule has 2 aromatic carbocycles. The summed E-state index contributed by atoms with van der Waals surface area (Å²) in [4.78, 5) is 24.6. The SMILES string of the molecule is CC(=C=S)CCc1ccc(C(=O)c2ccc(OCCCC(=O)CCCCCS(=O)(=O)O)cc2)cc1. The van der Waals surface area contributed by atoms with Crippen molar-refractivity contribution in [2.75, 3.05) is 12.4 Å². The molecule has 0 aromatic heterocycles. The van der Waals surface area contributed by atoms with E-state index >= 15 is 0 Å². The van der Waals surface area contributed by atoms with Crippen LogP contribution in [0.4, 0.5) is 0 Å². The highest BCUT2D eigenvalue weighted by Crippen LogP contribution is 2.17. The number of rotatable bonds is 16. The summed E-state index contributed by atoms with van der Waals surface area (Å²) in [5, 5.41) is 2.73. The van der Waals surface area contributed by atoms with E-state index in [0.29, 0.717) is 62.0 Å². The maximum absolute atomic E-state index is 12.7. The number of unbranched alkanes of at least 4 members (excludes halogenated alkanes) is 2. The lowest BCUT2D eigenvalue weighted by Crippen LogP contribution is -2.05. The van der Waals surface area contributed by atoms with Gasteiger partial charge in [-0.05, 0) is 91.7 Å². The minimum absolute atomic E-state index is 0.0553. The number of carbonyl (C=O) groups excluding carboxylic acids is 2. The standard InChI is InChI=1S/C27H32O6S2/c1-21(20-34)8-9-22-10-12-23(13-11-22)27(29)24-14-16-26(17-15-24)33-18-5-7-25(28)6-3-2-4-19-35(30,31)32/h10-17H,2-9,18-19H2,1H3,(H,30,31,32). The number of ether oxygens (including phenoxy) is 1. The third kappa shape index (κ3) is 11.6. The lowest BCUT2D eigenvalue weighted by molar-refractivity contribution is -0.119. The molecule has 0 saturated carbocycles. The molecule has 0 saturated heterocycles. The number of hydrogen-bond donors (Lipinski definition) is 1. The summed E-state index contributed by atoms with van der Waals surface area (Å²) in [5.41, 5.74) is 3.39. The second-order valence-corrected chi connectivity index (χ2v) is 10.3. The van der Waals surface area contributed by atoms with Crippen LogP contribution < -0.4 is 4.74 Å². The van der Waals surface area contributed by atoms with Crippen LogP contribution in [0.3, 0.4) is 0 Å². The predicted octanol–water partition coefficient (Wildman–Crippen LogP) is 5.57. The van der Waals surface area contributed by atoms with Crippen LogP contribution in [0.2, 0.25) is 0 Å². The Labute approximate surface area is 213 Å². The molecule has 2 rings (SSSR count). The van der Waals surface area contributed by atoms with Gasteiger partial charge in [-0.15, -0.1) is 0 Å². The number of Topliss-reactive ketones (excluding diaryl/α,β-unsaturated/α-hetero) is 1. The zero-order valence-corrected chi connectivity index (χ0v) is 21.6. The van der Waals surface area contributed by atoms with E-state index in [1.54, 1.807) is 24.3 Å². The molecule has 2 aromatic rings. The molecule has 6 nitrogen and oxygen atoms in total. The predicted molar refractivity (Wildman–Crippen MR) is 141 cm³/mol. The molecule has 0 aliphatic rings. The minimum atomic E-state index is -3.92. The third-order valence-corrected chi connectivity index (χ3v) is 6.68. The molecule has 0 heterocycles. The van der Waals surface area contributed by atoms with Crippen LogP contribution in [0.5, 0.6) is 5.75 Å². The highest BCUT2D eigenvalue weighted by molar-refractivity contribution is 7.85. The summed E-state index contributed by atoms with van der Waals surface area (Å²) in [5.74, 6) is 0.424. The van der Waals surface area contributed by atoms with Crippen LogP contribution in [-0.4, -0.2) is 41.9 Å². The average Bonchev–Trinajstić information content (AvgIpc) is 2.84. The van der Waals surface area contributed by atoms with Gasteiger partial charge < -0.3 is 4.74 Å². The lowest BCUT2D eigenvalue weighted by Gasteiger charge is -2.08. The van der Waals surface area contributed by atoms with E-state index in [4.69, 9.17) is 21.5 Å². The van der Waals surface area contributed by atoms with Crippen LogP contribution >= 0.6 is 12.2 Å². The number of allylic oxidation sites excluding steroid dienone is 1. The molecule has 0 fully saturated rings. The Morgan fingerprint density at radius 3 is 2.09 bits per heavy atom. The molecule has 35 heavy (non-hydrogen) atoms. The van der Waals surface area contributed by atoms with Gasteiger partial charge in [0.1, 0.15) is 11.5 Å². The number of aryl methyl sites for hydroxylation is 1. The van der Waals surface area contributed by atoms with Gasteiger partial charge in [-0.3, -0.25) is 14.1 Å². The summed E-state index contributed by atoms with van der Waals surface area (Å²) in [6.45, 7) is 2.35. The van der Waals surface area contributed by atoms with E-state index < -0.39 is 10.1 Å².